The smallest absolute Gasteiger partial charge is 0.332 e. The Bertz CT molecular complexity index is 306. The van der Waals surface area contributed by atoms with Crippen molar-refractivity contribution in [1.82, 2.24) is 5.32 Å². The molecule has 0 unspecified atom stereocenters. The Balaban J connectivity index is 2.11. The molecular formula is C10H13NO2S. The number of aliphatic carboxylic acids is 1. The van der Waals surface area contributed by atoms with Gasteiger partial charge in [-0.2, -0.15) is 0 Å². The van der Waals surface area contributed by atoms with Crippen LogP contribution in [0.1, 0.15) is 4.88 Å². The highest BCUT2D eigenvalue weighted by molar-refractivity contribution is 7.09. The Labute approximate surface area is 87.1 Å². The molecule has 1 rings (SSSR count). The predicted molar refractivity (Wildman–Crippen MR) is 57.7 cm³/mol. The molecule has 0 spiro atoms. The highest BCUT2D eigenvalue weighted by Crippen LogP contribution is 2.07. The third-order valence-corrected chi connectivity index (χ3v) is 2.71. The molecule has 0 fully saturated rings. The Hall–Kier alpha value is -1.13. The van der Waals surface area contributed by atoms with E-state index in [1.165, 1.54) is 4.88 Å². The van der Waals surface area contributed by atoms with E-state index < -0.39 is 5.97 Å². The number of nitrogens with one attached hydrogen (secondary N) is 1. The Morgan fingerprint density at radius 2 is 2.43 bits per heavy atom. The summed E-state index contributed by atoms with van der Waals surface area (Å²) in [4.78, 5) is 11.7. The first-order valence-corrected chi connectivity index (χ1v) is 5.22. The van der Waals surface area contributed by atoms with Crippen LogP contribution in [0.5, 0.6) is 0 Å². The van der Waals surface area contributed by atoms with E-state index in [4.69, 9.17) is 5.11 Å². The van der Waals surface area contributed by atoms with Gasteiger partial charge in [-0.1, -0.05) is 12.6 Å². The van der Waals surface area contributed by atoms with Crippen LogP contribution in [-0.4, -0.2) is 24.2 Å². The van der Waals surface area contributed by atoms with Gasteiger partial charge in [-0.05, 0) is 17.9 Å². The molecule has 0 aliphatic heterocycles. The maximum absolute atomic E-state index is 10.4. The summed E-state index contributed by atoms with van der Waals surface area (Å²) in [6.45, 7) is 4.56. The lowest BCUT2D eigenvalue weighted by atomic mass is 10.3. The SMILES string of the molecule is C=C(CNCCc1cccs1)C(=O)O. The summed E-state index contributed by atoms with van der Waals surface area (Å²) >= 11 is 1.71. The van der Waals surface area contributed by atoms with Gasteiger partial charge in [-0.15, -0.1) is 11.3 Å². The first-order chi connectivity index (χ1) is 6.70. The molecule has 0 aliphatic rings. The molecule has 0 saturated carbocycles. The third-order valence-electron chi connectivity index (χ3n) is 1.77. The largest absolute Gasteiger partial charge is 0.478 e. The van der Waals surface area contributed by atoms with Gasteiger partial charge in [0.25, 0.3) is 0 Å². The van der Waals surface area contributed by atoms with E-state index in [1.54, 1.807) is 11.3 Å². The number of carboxylic acids is 1. The van der Waals surface area contributed by atoms with Crippen molar-refractivity contribution in [3.8, 4) is 0 Å². The van der Waals surface area contributed by atoms with Gasteiger partial charge in [0.2, 0.25) is 0 Å². The number of hydrogen-bond donors (Lipinski definition) is 2. The van der Waals surface area contributed by atoms with E-state index in [9.17, 15) is 4.79 Å². The Morgan fingerprint density at radius 1 is 1.64 bits per heavy atom. The lowest BCUT2D eigenvalue weighted by Gasteiger charge is -2.02. The predicted octanol–water partition coefficient (Wildman–Crippen LogP) is 1.52. The van der Waals surface area contributed by atoms with Gasteiger partial charge in [0, 0.05) is 23.5 Å². The van der Waals surface area contributed by atoms with E-state index in [0.29, 0.717) is 6.54 Å². The fraction of sp³-hybridized carbons (Fsp3) is 0.300. The van der Waals surface area contributed by atoms with Gasteiger partial charge in [0.1, 0.15) is 0 Å². The summed E-state index contributed by atoms with van der Waals surface area (Å²) in [5.74, 6) is -0.936. The topological polar surface area (TPSA) is 49.3 Å². The van der Waals surface area contributed by atoms with Crippen molar-refractivity contribution >= 4 is 17.3 Å². The second-order valence-corrected chi connectivity index (χ2v) is 3.95. The monoisotopic (exact) mass is 211 g/mol. The third kappa shape index (κ3) is 3.72. The summed E-state index contributed by atoms with van der Waals surface area (Å²) < 4.78 is 0. The molecule has 0 saturated heterocycles. The zero-order chi connectivity index (χ0) is 10.4. The van der Waals surface area contributed by atoms with Crippen LogP contribution >= 0.6 is 11.3 Å². The van der Waals surface area contributed by atoms with Crippen LogP contribution in [0.4, 0.5) is 0 Å². The number of thiophene rings is 1. The molecule has 1 aromatic rings. The fourth-order valence-corrected chi connectivity index (χ4v) is 1.69. The normalized spacial score (nSPS) is 10.0. The van der Waals surface area contributed by atoms with E-state index in [1.807, 2.05) is 11.4 Å². The molecule has 1 heterocycles. The van der Waals surface area contributed by atoms with Gasteiger partial charge in [-0.3, -0.25) is 0 Å². The molecular weight excluding hydrogens is 198 g/mol. The minimum Gasteiger partial charge on any atom is -0.478 e. The summed E-state index contributed by atoms with van der Waals surface area (Å²) in [7, 11) is 0. The maximum Gasteiger partial charge on any atom is 0.332 e. The Kier molecular flexibility index (Phi) is 4.35. The van der Waals surface area contributed by atoms with Crippen LogP contribution in [0, 0.1) is 0 Å². The lowest BCUT2D eigenvalue weighted by molar-refractivity contribution is -0.132. The number of carboxylic acid groups (broad SMARTS) is 1. The van der Waals surface area contributed by atoms with E-state index in [-0.39, 0.29) is 5.57 Å². The average molecular weight is 211 g/mol. The quantitative estimate of drug-likeness (QED) is 0.554. The van der Waals surface area contributed by atoms with Gasteiger partial charge in [0.05, 0.1) is 0 Å². The van der Waals surface area contributed by atoms with Crippen LogP contribution in [0.15, 0.2) is 29.7 Å². The fourth-order valence-electron chi connectivity index (χ4n) is 0.981. The zero-order valence-electron chi connectivity index (χ0n) is 7.82. The molecule has 1 aromatic heterocycles. The van der Waals surface area contributed by atoms with Crippen molar-refractivity contribution in [2.24, 2.45) is 0 Å². The standard InChI is InChI=1S/C10H13NO2S/c1-8(10(12)13)7-11-5-4-9-3-2-6-14-9/h2-3,6,11H,1,4-5,7H2,(H,12,13). The minimum atomic E-state index is -0.936. The maximum atomic E-state index is 10.4. The number of hydrogen-bond acceptors (Lipinski definition) is 3. The average Bonchev–Trinajstić information content (AvgIpc) is 2.64. The molecule has 3 nitrogen and oxygen atoms in total. The molecule has 14 heavy (non-hydrogen) atoms. The summed E-state index contributed by atoms with van der Waals surface area (Å²) in [6, 6.07) is 4.08. The first-order valence-electron chi connectivity index (χ1n) is 4.34. The van der Waals surface area contributed by atoms with Crippen LogP contribution in [0.25, 0.3) is 0 Å². The van der Waals surface area contributed by atoms with Gasteiger partial charge in [-0.25, -0.2) is 4.79 Å². The second kappa shape index (κ2) is 5.57. The van der Waals surface area contributed by atoms with Crippen molar-refractivity contribution < 1.29 is 9.90 Å². The van der Waals surface area contributed by atoms with Crippen LogP contribution in [0.3, 0.4) is 0 Å². The van der Waals surface area contributed by atoms with Crippen molar-refractivity contribution in [2.75, 3.05) is 13.1 Å². The van der Waals surface area contributed by atoms with E-state index >= 15 is 0 Å². The second-order valence-electron chi connectivity index (χ2n) is 2.91. The molecule has 4 heteroatoms. The molecule has 76 valence electrons. The summed E-state index contributed by atoms with van der Waals surface area (Å²) in [5.41, 5.74) is 0.205. The lowest BCUT2D eigenvalue weighted by Crippen LogP contribution is -2.22. The van der Waals surface area contributed by atoms with Crippen molar-refractivity contribution in [1.29, 1.82) is 0 Å². The van der Waals surface area contributed by atoms with Crippen molar-refractivity contribution in [2.45, 2.75) is 6.42 Å². The van der Waals surface area contributed by atoms with Crippen LogP contribution < -0.4 is 5.32 Å². The van der Waals surface area contributed by atoms with Crippen LogP contribution in [-0.2, 0) is 11.2 Å². The highest BCUT2D eigenvalue weighted by atomic mass is 32.1. The van der Waals surface area contributed by atoms with Gasteiger partial charge in [0.15, 0.2) is 0 Å². The highest BCUT2D eigenvalue weighted by Gasteiger charge is 2.02. The van der Waals surface area contributed by atoms with E-state index in [0.717, 1.165) is 13.0 Å². The molecule has 0 amide bonds. The van der Waals surface area contributed by atoms with Crippen molar-refractivity contribution in [3.05, 3.63) is 34.5 Å². The minimum absolute atomic E-state index is 0.205. The molecule has 2 N–H and O–H groups in total. The molecule has 0 bridgehead atoms. The van der Waals surface area contributed by atoms with Gasteiger partial charge >= 0.3 is 5.97 Å². The molecule has 0 aromatic carbocycles. The molecule has 0 radical (unpaired) electrons. The van der Waals surface area contributed by atoms with E-state index in [2.05, 4.69) is 18.0 Å². The molecule has 0 atom stereocenters. The Morgan fingerprint density at radius 3 is 3.00 bits per heavy atom. The zero-order valence-corrected chi connectivity index (χ0v) is 8.64. The summed E-state index contributed by atoms with van der Waals surface area (Å²) in [6.07, 6.45) is 0.935. The first kappa shape index (κ1) is 10.9. The van der Waals surface area contributed by atoms with Crippen LogP contribution in [0.2, 0.25) is 0 Å². The molecule has 0 aliphatic carbocycles. The number of carbonyl (C=O) groups is 1. The summed E-state index contributed by atoms with van der Waals surface area (Å²) in [5, 5.41) is 13.6. The number of rotatable bonds is 6. The van der Waals surface area contributed by atoms with Crippen molar-refractivity contribution in [3.63, 3.8) is 0 Å². The van der Waals surface area contributed by atoms with Gasteiger partial charge < -0.3 is 10.4 Å².